The number of β-amino-alcohol motifs (C(OH)–C–C–N with tert-alkyl or cyclic N) is 1. The van der Waals surface area contributed by atoms with Crippen LogP contribution in [-0.4, -0.2) is 52.2 Å². The average Bonchev–Trinajstić information content (AvgIpc) is 2.63. The molecule has 2 aromatic carbocycles. The van der Waals surface area contributed by atoms with Crippen molar-refractivity contribution in [3.05, 3.63) is 65.7 Å². The Morgan fingerprint density at radius 2 is 1.88 bits per heavy atom. The highest BCUT2D eigenvalue weighted by Gasteiger charge is 2.31. The number of nitrogens with one attached hydrogen (secondary N) is 1. The van der Waals surface area contributed by atoms with Gasteiger partial charge in [0.1, 0.15) is 5.75 Å². The number of phenolic OH excluding ortho intramolecular Hbond substituents is 1. The number of carbonyl (C=O) groups excluding carboxylic acids is 2. The van der Waals surface area contributed by atoms with Crippen LogP contribution in [-0.2, 0) is 11.2 Å². The molecule has 3 rings (SSSR count). The molecule has 0 aromatic heterocycles. The summed E-state index contributed by atoms with van der Waals surface area (Å²) in [6.45, 7) is 0.659. The van der Waals surface area contributed by atoms with Gasteiger partial charge in [-0.1, -0.05) is 30.3 Å². The summed E-state index contributed by atoms with van der Waals surface area (Å²) < 4.78 is 0. The fraction of sp³-hybridized carbons (Fsp3) is 0.300. The number of benzene rings is 2. The van der Waals surface area contributed by atoms with Crippen LogP contribution in [0.25, 0.3) is 0 Å². The predicted octanol–water partition coefficient (Wildman–Crippen LogP) is 1.33. The van der Waals surface area contributed by atoms with Crippen molar-refractivity contribution in [3.63, 3.8) is 0 Å². The lowest BCUT2D eigenvalue weighted by molar-refractivity contribution is -0.122. The highest BCUT2D eigenvalue weighted by Crippen LogP contribution is 2.16. The van der Waals surface area contributed by atoms with Gasteiger partial charge < -0.3 is 20.4 Å². The van der Waals surface area contributed by atoms with Crippen molar-refractivity contribution in [2.75, 3.05) is 13.1 Å². The number of aliphatic hydroxyl groups excluding tert-OH is 1. The Hall–Kier alpha value is -2.86. The van der Waals surface area contributed by atoms with E-state index in [1.54, 1.807) is 47.4 Å². The number of hydrogen-bond donors (Lipinski definition) is 3. The zero-order valence-corrected chi connectivity index (χ0v) is 14.3. The van der Waals surface area contributed by atoms with E-state index >= 15 is 0 Å². The van der Waals surface area contributed by atoms with Gasteiger partial charge in [-0.15, -0.1) is 0 Å². The summed E-state index contributed by atoms with van der Waals surface area (Å²) in [6.07, 6.45) is -0.194. The first kappa shape index (κ1) is 17.9. The molecule has 1 fully saturated rings. The van der Waals surface area contributed by atoms with Gasteiger partial charge in [0.2, 0.25) is 5.91 Å². The fourth-order valence-electron chi connectivity index (χ4n) is 3.16. The van der Waals surface area contributed by atoms with Crippen LogP contribution in [0.15, 0.2) is 54.6 Å². The molecule has 0 radical (unpaired) electrons. The van der Waals surface area contributed by atoms with Crippen molar-refractivity contribution in [2.24, 2.45) is 0 Å². The number of rotatable bonds is 4. The van der Waals surface area contributed by atoms with E-state index in [2.05, 4.69) is 5.32 Å². The van der Waals surface area contributed by atoms with Crippen molar-refractivity contribution < 1.29 is 19.8 Å². The zero-order chi connectivity index (χ0) is 18.5. The van der Waals surface area contributed by atoms with Gasteiger partial charge in [-0.2, -0.15) is 0 Å². The lowest BCUT2D eigenvalue weighted by atomic mass is 10.00. The fourth-order valence-corrected chi connectivity index (χ4v) is 3.16. The molecular weight excluding hydrogens is 332 g/mol. The molecule has 1 saturated heterocycles. The van der Waals surface area contributed by atoms with Crippen LogP contribution in [0.4, 0.5) is 0 Å². The first-order chi connectivity index (χ1) is 12.5. The van der Waals surface area contributed by atoms with Crippen molar-refractivity contribution >= 4 is 11.8 Å². The number of carbonyl (C=O) groups is 2. The molecule has 2 aromatic rings. The maximum absolute atomic E-state index is 12.5. The van der Waals surface area contributed by atoms with Crippen molar-refractivity contribution in [2.45, 2.75) is 25.0 Å². The molecule has 26 heavy (non-hydrogen) atoms. The smallest absolute Gasteiger partial charge is 0.253 e. The largest absolute Gasteiger partial charge is 0.508 e. The molecule has 3 N–H and O–H groups in total. The van der Waals surface area contributed by atoms with E-state index in [4.69, 9.17) is 0 Å². The van der Waals surface area contributed by atoms with Crippen molar-refractivity contribution in [1.29, 1.82) is 0 Å². The molecule has 0 saturated carbocycles. The Labute approximate surface area is 152 Å². The van der Waals surface area contributed by atoms with E-state index in [1.807, 2.05) is 6.07 Å². The summed E-state index contributed by atoms with van der Waals surface area (Å²) in [7, 11) is 0. The quantitative estimate of drug-likeness (QED) is 0.773. The second kappa shape index (κ2) is 8.01. The minimum atomic E-state index is -0.815. The van der Waals surface area contributed by atoms with Crippen molar-refractivity contribution in [1.82, 2.24) is 10.2 Å². The topological polar surface area (TPSA) is 89.9 Å². The summed E-state index contributed by atoms with van der Waals surface area (Å²) in [5.41, 5.74) is 1.29. The van der Waals surface area contributed by atoms with Gasteiger partial charge in [0, 0.05) is 18.7 Å². The predicted molar refractivity (Wildman–Crippen MR) is 96.7 cm³/mol. The Morgan fingerprint density at radius 3 is 2.58 bits per heavy atom. The number of aliphatic hydroxyl groups is 1. The molecule has 1 heterocycles. The van der Waals surface area contributed by atoms with E-state index in [0.29, 0.717) is 24.1 Å². The number of aromatic hydroxyl groups is 1. The Kier molecular flexibility index (Phi) is 5.53. The second-order valence-electron chi connectivity index (χ2n) is 6.49. The minimum Gasteiger partial charge on any atom is -0.508 e. The lowest BCUT2D eigenvalue weighted by Gasteiger charge is -2.36. The molecule has 0 bridgehead atoms. The molecule has 1 aliphatic heterocycles. The van der Waals surface area contributed by atoms with Gasteiger partial charge in [-0.3, -0.25) is 9.59 Å². The first-order valence-corrected chi connectivity index (χ1v) is 8.62. The number of amides is 2. The van der Waals surface area contributed by atoms with Gasteiger partial charge >= 0.3 is 0 Å². The number of likely N-dealkylation sites (tertiary alicyclic amines) is 1. The maximum atomic E-state index is 12.5. The van der Waals surface area contributed by atoms with Crippen LogP contribution in [0.5, 0.6) is 5.75 Å². The Bertz CT molecular complexity index is 778. The molecule has 2 amide bonds. The third kappa shape index (κ3) is 4.40. The van der Waals surface area contributed by atoms with Gasteiger partial charge in [0.25, 0.3) is 5.91 Å². The van der Waals surface area contributed by atoms with Crippen LogP contribution in [0.3, 0.4) is 0 Å². The normalized spacial score (nSPS) is 19.8. The number of piperidine rings is 1. The van der Waals surface area contributed by atoms with E-state index < -0.39 is 6.10 Å². The number of hydrogen-bond acceptors (Lipinski definition) is 4. The molecule has 0 spiro atoms. The third-order valence-corrected chi connectivity index (χ3v) is 4.51. The average molecular weight is 354 g/mol. The second-order valence-corrected chi connectivity index (χ2v) is 6.49. The lowest BCUT2D eigenvalue weighted by Crippen LogP contribution is -2.55. The Morgan fingerprint density at radius 1 is 1.12 bits per heavy atom. The molecule has 6 heteroatoms. The third-order valence-electron chi connectivity index (χ3n) is 4.51. The molecule has 2 atom stereocenters. The van der Waals surface area contributed by atoms with Gasteiger partial charge in [0.15, 0.2) is 0 Å². The zero-order valence-electron chi connectivity index (χ0n) is 14.3. The van der Waals surface area contributed by atoms with Gasteiger partial charge in [0.05, 0.1) is 18.6 Å². The van der Waals surface area contributed by atoms with E-state index in [1.165, 1.54) is 6.07 Å². The Balaban J connectivity index is 1.54. The summed E-state index contributed by atoms with van der Waals surface area (Å²) in [5, 5.41) is 22.6. The van der Waals surface area contributed by atoms with Gasteiger partial charge in [-0.05, 0) is 36.2 Å². The first-order valence-electron chi connectivity index (χ1n) is 8.62. The van der Waals surface area contributed by atoms with E-state index in [0.717, 1.165) is 0 Å². The van der Waals surface area contributed by atoms with Crippen molar-refractivity contribution in [3.8, 4) is 5.75 Å². The van der Waals surface area contributed by atoms with E-state index in [-0.39, 0.29) is 36.6 Å². The highest BCUT2D eigenvalue weighted by molar-refractivity contribution is 5.94. The molecular formula is C20H22N2O4. The van der Waals surface area contributed by atoms with E-state index in [9.17, 15) is 19.8 Å². The van der Waals surface area contributed by atoms with Crippen LogP contribution in [0.1, 0.15) is 22.3 Å². The van der Waals surface area contributed by atoms with Gasteiger partial charge in [-0.25, -0.2) is 0 Å². The molecule has 0 aliphatic carbocycles. The van der Waals surface area contributed by atoms with Crippen LogP contribution in [0, 0.1) is 0 Å². The summed E-state index contributed by atoms with van der Waals surface area (Å²) in [4.78, 5) is 26.3. The standard InChI is InChI=1S/C20H22N2O4/c23-16-8-4-5-14(11-16)12-19(25)21-17-9-10-22(13-18(17)24)20(26)15-6-2-1-3-7-15/h1-8,11,17-18,23-24H,9-10,12-13H2,(H,21,25)/t17-,18-/m1/s1. The molecule has 0 unspecified atom stereocenters. The highest BCUT2D eigenvalue weighted by atomic mass is 16.3. The monoisotopic (exact) mass is 354 g/mol. The maximum Gasteiger partial charge on any atom is 0.253 e. The number of nitrogens with zero attached hydrogens (tertiary/aromatic N) is 1. The minimum absolute atomic E-state index is 0.114. The summed E-state index contributed by atoms with van der Waals surface area (Å²) >= 11 is 0. The molecule has 6 nitrogen and oxygen atoms in total. The molecule has 1 aliphatic rings. The van der Waals surface area contributed by atoms with Crippen LogP contribution >= 0.6 is 0 Å². The van der Waals surface area contributed by atoms with Crippen LogP contribution in [0.2, 0.25) is 0 Å². The summed E-state index contributed by atoms with van der Waals surface area (Å²) in [6, 6.07) is 15.1. The van der Waals surface area contributed by atoms with Crippen LogP contribution < -0.4 is 5.32 Å². The number of phenols is 1. The SMILES string of the molecule is O=C(Cc1cccc(O)c1)N[C@@H]1CCN(C(=O)c2ccccc2)C[C@H]1O. The molecule has 136 valence electrons. The summed E-state index contributed by atoms with van der Waals surface area (Å²) in [5.74, 6) is -0.222.